The van der Waals surface area contributed by atoms with Gasteiger partial charge in [-0.05, 0) is 59.3 Å². The van der Waals surface area contributed by atoms with Gasteiger partial charge < -0.3 is 15.6 Å². The third kappa shape index (κ3) is 3.77. The van der Waals surface area contributed by atoms with Crippen molar-refractivity contribution in [2.75, 3.05) is 6.61 Å². The van der Waals surface area contributed by atoms with Crippen LogP contribution < -0.4 is 10.5 Å². The molecule has 0 saturated heterocycles. The molecule has 0 spiro atoms. The summed E-state index contributed by atoms with van der Waals surface area (Å²) in [6.07, 6.45) is 4.94. The van der Waals surface area contributed by atoms with Gasteiger partial charge in [0.25, 0.3) is 0 Å². The molecule has 1 aromatic carbocycles. The van der Waals surface area contributed by atoms with Gasteiger partial charge in [0.2, 0.25) is 0 Å². The Bertz CT molecular complexity index is 422. The SMILES string of the molecule is CCOc1cc([C@@H](N)C2CCCC2)cc(Br)c1O.Cl. The Kier molecular flexibility index (Phi) is 6.43. The van der Waals surface area contributed by atoms with Crippen molar-refractivity contribution >= 4 is 28.3 Å². The molecule has 5 heteroatoms. The zero-order valence-electron chi connectivity index (χ0n) is 11.1. The number of halogens is 2. The van der Waals surface area contributed by atoms with Crippen LogP contribution in [0.4, 0.5) is 0 Å². The van der Waals surface area contributed by atoms with Gasteiger partial charge in [0.15, 0.2) is 11.5 Å². The van der Waals surface area contributed by atoms with Gasteiger partial charge in [-0.3, -0.25) is 0 Å². The van der Waals surface area contributed by atoms with E-state index in [1.807, 2.05) is 19.1 Å². The second-order valence-electron chi connectivity index (χ2n) is 4.85. The summed E-state index contributed by atoms with van der Waals surface area (Å²) in [6.45, 7) is 2.43. The van der Waals surface area contributed by atoms with Crippen molar-refractivity contribution in [3.05, 3.63) is 22.2 Å². The molecule has 0 unspecified atom stereocenters. The van der Waals surface area contributed by atoms with E-state index < -0.39 is 0 Å². The molecule has 0 bridgehead atoms. The average molecular weight is 351 g/mol. The molecule has 1 saturated carbocycles. The lowest BCUT2D eigenvalue weighted by molar-refractivity contribution is 0.316. The van der Waals surface area contributed by atoms with E-state index in [0.29, 0.717) is 22.7 Å². The second-order valence-corrected chi connectivity index (χ2v) is 5.71. The van der Waals surface area contributed by atoms with Crippen molar-refractivity contribution < 1.29 is 9.84 Å². The molecule has 1 aromatic rings. The molecule has 0 radical (unpaired) electrons. The van der Waals surface area contributed by atoms with Crippen molar-refractivity contribution in [3.63, 3.8) is 0 Å². The predicted octanol–water partition coefficient (Wildman–Crippen LogP) is 4.17. The van der Waals surface area contributed by atoms with E-state index in [-0.39, 0.29) is 24.2 Å². The monoisotopic (exact) mass is 349 g/mol. The summed E-state index contributed by atoms with van der Waals surface area (Å²) in [5, 5.41) is 9.89. The van der Waals surface area contributed by atoms with Gasteiger partial charge >= 0.3 is 0 Å². The van der Waals surface area contributed by atoms with Gasteiger partial charge in [0.1, 0.15) is 0 Å². The molecule has 2 rings (SSSR count). The van der Waals surface area contributed by atoms with Crippen LogP contribution in [0.25, 0.3) is 0 Å². The van der Waals surface area contributed by atoms with Gasteiger partial charge in [-0.25, -0.2) is 0 Å². The van der Waals surface area contributed by atoms with Crippen LogP contribution in [0.5, 0.6) is 11.5 Å². The summed E-state index contributed by atoms with van der Waals surface area (Å²) in [4.78, 5) is 0. The highest BCUT2D eigenvalue weighted by Crippen LogP contribution is 2.40. The lowest BCUT2D eigenvalue weighted by atomic mass is 9.92. The summed E-state index contributed by atoms with van der Waals surface area (Å²) in [7, 11) is 0. The van der Waals surface area contributed by atoms with Crippen LogP contribution in [0.1, 0.15) is 44.2 Å². The molecule has 1 aliphatic carbocycles. The van der Waals surface area contributed by atoms with Crippen LogP contribution >= 0.6 is 28.3 Å². The predicted molar refractivity (Wildman–Crippen MR) is 83.1 cm³/mol. The lowest BCUT2D eigenvalue weighted by Gasteiger charge is -2.21. The average Bonchev–Trinajstić information content (AvgIpc) is 2.87. The summed E-state index contributed by atoms with van der Waals surface area (Å²) >= 11 is 3.36. The van der Waals surface area contributed by atoms with E-state index in [4.69, 9.17) is 10.5 Å². The largest absolute Gasteiger partial charge is 0.503 e. The Labute approximate surface area is 129 Å². The van der Waals surface area contributed by atoms with E-state index >= 15 is 0 Å². The fourth-order valence-corrected chi connectivity index (χ4v) is 3.10. The van der Waals surface area contributed by atoms with Gasteiger partial charge in [-0.2, -0.15) is 0 Å². The van der Waals surface area contributed by atoms with Crippen LogP contribution in [0, 0.1) is 5.92 Å². The first kappa shape index (κ1) is 16.6. The molecule has 0 aromatic heterocycles. The molecule has 0 amide bonds. The van der Waals surface area contributed by atoms with Gasteiger partial charge in [-0.15, -0.1) is 12.4 Å². The molecule has 0 heterocycles. The van der Waals surface area contributed by atoms with Crippen molar-refractivity contribution in [2.24, 2.45) is 11.7 Å². The van der Waals surface area contributed by atoms with E-state index in [0.717, 1.165) is 5.56 Å². The maximum absolute atomic E-state index is 9.89. The van der Waals surface area contributed by atoms with Gasteiger partial charge in [0.05, 0.1) is 11.1 Å². The highest BCUT2D eigenvalue weighted by Gasteiger charge is 2.24. The second kappa shape index (κ2) is 7.36. The summed E-state index contributed by atoms with van der Waals surface area (Å²) in [6, 6.07) is 3.80. The first-order valence-electron chi connectivity index (χ1n) is 6.54. The molecular weight excluding hydrogens is 330 g/mol. The Hall–Kier alpha value is -0.450. The summed E-state index contributed by atoms with van der Waals surface area (Å²) < 4.78 is 6.09. The Morgan fingerprint density at radius 3 is 2.63 bits per heavy atom. The first-order valence-corrected chi connectivity index (χ1v) is 7.33. The molecule has 1 atom stereocenters. The first-order chi connectivity index (χ1) is 8.63. The van der Waals surface area contributed by atoms with E-state index in [9.17, 15) is 5.11 Å². The molecule has 1 aliphatic rings. The van der Waals surface area contributed by atoms with E-state index in [1.54, 1.807) is 0 Å². The number of rotatable bonds is 4. The molecule has 3 nitrogen and oxygen atoms in total. The number of nitrogens with two attached hydrogens (primary N) is 1. The van der Waals surface area contributed by atoms with Crippen molar-refractivity contribution in [1.82, 2.24) is 0 Å². The number of hydrogen-bond donors (Lipinski definition) is 2. The number of phenols is 1. The van der Waals surface area contributed by atoms with Crippen molar-refractivity contribution in [2.45, 2.75) is 38.6 Å². The van der Waals surface area contributed by atoms with Crippen LogP contribution in [-0.2, 0) is 0 Å². The lowest BCUT2D eigenvalue weighted by Crippen LogP contribution is -2.19. The number of aromatic hydroxyl groups is 1. The van der Waals surface area contributed by atoms with Crippen molar-refractivity contribution in [3.8, 4) is 11.5 Å². The quantitative estimate of drug-likeness (QED) is 0.857. The molecule has 19 heavy (non-hydrogen) atoms. The van der Waals surface area contributed by atoms with Gasteiger partial charge in [-0.1, -0.05) is 12.8 Å². The Morgan fingerprint density at radius 2 is 2.05 bits per heavy atom. The number of benzene rings is 1. The zero-order valence-corrected chi connectivity index (χ0v) is 13.5. The topological polar surface area (TPSA) is 55.5 Å². The Morgan fingerprint density at radius 1 is 1.42 bits per heavy atom. The third-order valence-corrected chi connectivity index (χ3v) is 4.25. The minimum atomic E-state index is 0. The third-order valence-electron chi connectivity index (χ3n) is 3.64. The van der Waals surface area contributed by atoms with Crippen molar-refractivity contribution in [1.29, 1.82) is 0 Å². The maximum atomic E-state index is 9.89. The fraction of sp³-hybridized carbons (Fsp3) is 0.571. The van der Waals surface area contributed by atoms with Crippen LogP contribution in [0.3, 0.4) is 0 Å². The Balaban J connectivity index is 0.00000180. The number of phenolic OH excluding ortho intramolecular Hbond substituents is 1. The molecule has 3 N–H and O–H groups in total. The molecular formula is C14H21BrClNO2. The van der Waals surface area contributed by atoms with Gasteiger partial charge in [0, 0.05) is 6.04 Å². The zero-order chi connectivity index (χ0) is 13.1. The maximum Gasteiger partial charge on any atom is 0.172 e. The van der Waals surface area contributed by atoms with E-state index in [2.05, 4.69) is 15.9 Å². The smallest absolute Gasteiger partial charge is 0.172 e. The summed E-state index contributed by atoms with van der Waals surface area (Å²) in [5.74, 6) is 1.21. The molecule has 108 valence electrons. The fourth-order valence-electron chi connectivity index (χ4n) is 2.64. The highest BCUT2D eigenvalue weighted by molar-refractivity contribution is 9.10. The van der Waals surface area contributed by atoms with Crippen LogP contribution in [0.2, 0.25) is 0 Å². The summed E-state index contributed by atoms with van der Waals surface area (Å²) in [5.41, 5.74) is 7.36. The minimum Gasteiger partial charge on any atom is -0.503 e. The standard InChI is InChI=1S/C14H20BrNO2.ClH/c1-2-18-12-8-10(7-11(15)14(12)17)13(16)9-5-3-4-6-9;/h7-9,13,17H,2-6,16H2,1H3;1H/t13-;/m0./s1. The normalized spacial score (nSPS) is 17.0. The minimum absolute atomic E-state index is 0. The van der Waals surface area contributed by atoms with Crippen LogP contribution in [0.15, 0.2) is 16.6 Å². The number of ether oxygens (including phenoxy) is 1. The highest BCUT2D eigenvalue weighted by atomic mass is 79.9. The number of hydrogen-bond acceptors (Lipinski definition) is 3. The van der Waals surface area contributed by atoms with Crippen LogP contribution in [-0.4, -0.2) is 11.7 Å². The molecule has 0 aliphatic heterocycles. The molecule has 1 fully saturated rings. The van der Waals surface area contributed by atoms with E-state index in [1.165, 1.54) is 25.7 Å².